The predicted octanol–water partition coefficient (Wildman–Crippen LogP) is 1.33. The Morgan fingerprint density at radius 2 is 2.12 bits per heavy atom. The van der Waals surface area contributed by atoms with Gasteiger partial charge in [0.25, 0.3) is 0 Å². The molecule has 0 unspecified atom stereocenters. The summed E-state index contributed by atoms with van der Waals surface area (Å²) in [4.78, 5) is 13.5. The van der Waals surface area contributed by atoms with Crippen molar-refractivity contribution in [1.82, 2.24) is 4.90 Å². The summed E-state index contributed by atoms with van der Waals surface area (Å²) in [6.07, 6.45) is 0.345. The van der Waals surface area contributed by atoms with Gasteiger partial charge in [-0.15, -0.1) is 0 Å². The Balaban J connectivity index is 1.91. The molecule has 1 heterocycles. The minimum atomic E-state index is 0.0813. The van der Waals surface area contributed by atoms with Crippen LogP contribution in [0.5, 0.6) is 0 Å². The second-order valence-electron chi connectivity index (χ2n) is 4.12. The minimum absolute atomic E-state index is 0.0813. The molecule has 4 heteroatoms. The second-order valence-corrected chi connectivity index (χ2v) is 4.52. The van der Waals surface area contributed by atoms with Gasteiger partial charge in [-0.3, -0.25) is 4.79 Å². The molecule has 1 aliphatic heterocycles. The lowest BCUT2D eigenvalue weighted by Crippen LogP contribution is -2.51. The van der Waals surface area contributed by atoms with E-state index < -0.39 is 0 Å². The molecule has 1 N–H and O–H groups in total. The zero-order chi connectivity index (χ0) is 11.5. The van der Waals surface area contributed by atoms with Crippen molar-refractivity contribution >= 4 is 17.5 Å². The van der Waals surface area contributed by atoms with Crippen LogP contribution in [-0.4, -0.2) is 35.6 Å². The molecule has 0 aliphatic carbocycles. The van der Waals surface area contributed by atoms with Crippen molar-refractivity contribution in [3.63, 3.8) is 0 Å². The summed E-state index contributed by atoms with van der Waals surface area (Å²) in [7, 11) is 0. The number of amides is 1. The predicted molar refractivity (Wildman–Crippen MR) is 62.3 cm³/mol. The van der Waals surface area contributed by atoms with Gasteiger partial charge in [-0.1, -0.05) is 29.8 Å². The first-order valence-corrected chi connectivity index (χ1v) is 5.70. The normalized spacial score (nSPS) is 16.0. The van der Waals surface area contributed by atoms with E-state index in [0.717, 1.165) is 5.56 Å². The zero-order valence-electron chi connectivity index (χ0n) is 8.90. The Morgan fingerprint density at radius 1 is 1.44 bits per heavy atom. The Bertz CT molecular complexity index is 388. The molecule has 1 aromatic carbocycles. The highest BCUT2D eigenvalue weighted by Crippen LogP contribution is 2.19. The summed E-state index contributed by atoms with van der Waals surface area (Å²) in [6.45, 7) is 1.50. The van der Waals surface area contributed by atoms with Gasteiger partial charge < -0.3 is 10.0 Å². The van der Waals surface area contributed by atoms with Crippen LogP contribution in [0.2, 0.25) is 5.02 Å². The van der Waals surface area contributed by atoms with Crippen LogP contribution in [-0.2, 0) is 11.2 Å². The van der Waals surface area contributed by atoms with Crippen molar-refractivity contribution in [2.24, 2.45) is 5.92 Å². The molecule has 1 amide bonds. The molecule has 1 aromatic rings. The van der Waals surface area contributed by atoms with Crippen molar-refractivity contribution in [1.29, 1.82) is 0 Å². The van der Waals surface area contributed by atoms with E-state index in [0.29, 0.717) is 24.5 Å². The monoisotopic (exact) mass is 239 g/mol. The minimum Gasteiger partial charge on any atom is -0.396 e. The maximum Gasteiger partial charge on any atom is 0.227 e. The molecule has 86 valence electrons. The molecule has 1 saturated heterocycles. The van der Waals surface area contributed by atoms with Crippen molar-refractivity contribution < 1.29 is 9.90 Å². The van der Waals surface area contributed by atoms with Crippen LogP contribution in [0.25, 0.3) is 0 Å². The highest BCUT2D eigenvalue weighted by Gasteiger charge is 2.29. The molecule has 0 saturated carbocycles. The number of halogens is 1. The average Bonchev–Trinajstić information content (AvgIpc) is 2.20. The molecule has 3 nitrogen and oxygen atoms in total. The van der Waals surface area contributed by atoms with Gasteiger partial charge in [0.2, 0.25) is 5.91 Å². The molecule has 16 heavy (non-hydrogen) atoms. The van der Waals surface area contributed by atoms with Gasteiger partial charge in [0.05, 0.1) is 6.42 Å². The Kier molecular flexibility index (Phi) is 3.46. The zero-order valence-corrected chi connectivity index (χ0v) is 9.65. The fourth-order valence-corrected chi connectivity index (χ4v) is 2.01. The summed E-state index contributed by atoms with van der Waals surface area (Å²) in [5, 5.41) is 9.49. The number of benzene rings is 1. The average molecular weight is 240 g/mol. The smallest absolute Gasteiger partial charge is 0.227 e. The van der Waals surface area contributed by atoms with Crippen LogP contribution in [0, 0.1) is 5.92 Å². The third-order valence-corrected chi connectivity index (χ3v) is 3.24. The standard InChI is InChI=1S/C12H14ClNO2/c13-11-4-2-1-3-10(11)5-12(16)14-6-9(7-14)8-15/h1-4,9,15H,5-8H2. The van der Waals surface area contributed by atoms with Gasteiger partial charge in [-0.2, -0.15) is 0 Å². The molecule has 1 aliphatic rings. The van der Waals surface area contributed by atoms with Gasteiger partial charge in [0.15, 0.2) is 0 Å². The van der Waals surface area contributed by atoms with Crippen molar-refractivity contribution in [2.45, 2.75) is 6.42 Å². The largest absolute Gasteiger partial charge is 0.396 e. The molecule has 2 rings (SSSR count). The first-order chi connectivity index (χ1) is 7.70. The number of aliphatic hydroxyl groups excluding tert-OH is 1. The van der Waals surface area contributed by atoms with Crippen LogP contribution >= 0.6 is 11.6 Å². The number of hydrogen-bond acceptors (Lipinski definition) is 2. The summed E-state index contributed by atoms with van der Waals surface area (Å²) in [5.74, 6) is 0.341. The van der Waals surface area contributed by atoms with E-state index in [4.69, 9.17) is 16.7 Å². The number of likely N-dealkylation sites (tertiary alicyclic amines) is 1. The first kappa shape index (κ1) is 11.4. The lowest BCUT2D eigenvalue weighted by atomic mass is 10.00. The molecule has 0 bridgehead atoms. The molecule has 0 aromatic heterocycles. The molecule has 1 fully saturated rings. The maximum absolute atomic E-state index is 11.8. The van der Waals surface area contributed by atoms with E-state index in [-0.39, 0.29) is 18.4 Å². The summed E-state index contributed by atoms with van der Waals surface area (Å²) in [6, 6.07) is 7.38. The van der Waals surface area contributed by atoms with E-state index in [1.807, 2.05) is 18.2 Å². The third kappa shape index (κ3) is 2.36. The fourth-order valence-electron chi connectivity index (χ4n) is 1.81. The Hall–Kier alpha value is -1.06. The van der Waals surface area contributed by atoms with Gasteiger partial charge in [-0.05, 0) is 11.6 Å². The highest BCUT2D eigenvalue weighted by atomic mass is 35.5. The van der Waals surface area contributed by atoms with Crippen molar-refractivity contribution in [3.8, 4) is 0 Å². The van der Waals surface area contributed by atoms with E-state index in [1.54, 1.807) is 11.0 Å². The van der Waals surface area contributed by atoms with E-state index in [9.17, 15) is 4.79 Å². The number of carbonyl (C=O) groups is 1. The number of nitrogens with zero attached hydrogens (tertiary/aromatic N) is 1. The summed E-state index contributed by atoms with van der Waals surface area (Å²) in [5.41, 5.74) is 0.863. The summed E-state index contributed by atoms with van der Waals surface area (Å²) < 4.78 is 0. The van der Waals surface area contributed by atoms with E-state index in [1.165, 1.54) is 0 Å². The molecule has 0 atom stereocenters. The van der Waals surface area contributed by atoms with Gasteiger partial charge in [-0.25, -0.2) is 0 Å². The van der Waals surface area contributed by atoms with Crippen LogP contribution in [0.3, 0.4) is 0 Å². The Labute approximate surface area is 99.6 Å². The quantitative estimate of drug-likeness (QED) is 0.865. The van der Waals surface area contributed by atoms with Gasteiger partial charge in [0.1, 0.15) is 0 Å². The SMILES string of the molecule is O=C(Cc1ccccc1Cl)N1CC(CO)C1. The van der Waals surface area contributed by atoms with Crippen LogP contribution in [0.1, 0.15) is 5.56 Å². The highest BCUT2D eigenvalue weighted by molar-refractivity contribution is 6.31. The number of hydrogen-bond donors (Lipinski definition) is 1. The third-order valence-electron chi connectivity index (χ3n) is 2.87. The fraction of sp³-hybridized carbons (Fsp3) is 0.417. The topological polar surface area (TPSA) is 40.5 Å². The van der Waals surface area contributed by atoms with Crippen LogP contribution in [0.15, 0.2) is 24.3 Å². The summed E-state index contributed by atoms with van der Waals surface area (Å²) >= 11 is 5.98. The number of carbonyl (C=O) groups excluding carboxylic acids is 1. The number of aliphatic hydroxyl groups is 1. The molecule has 0 radical (unpaired) electrons. The molecule has 0 spiro atoms. The molecular weight excluding hydrogens is 226 g/mol. The molecular formula is C12H14ClNO2. The van der Waals surface area contributed by atoms with E-state index in [2.05, 4.69) is 0 Å². The van der Waals surface area contributed by atoms with Crippen molar-refractivity contribution in [3.05, 3.63) is 34.9 Å². The number of rotatable bonds is 3. The van der Waals surface area contributed by atoms with E-state index >= 15 is 0 Å². The van der Waals surface area contributed by atoms with Crippen LogP contribution in [0.4, 0.5) is 0 Å². The van der Waals surface area contributed by atoms with Gasteiger partial charge in [0, 0.05) is 30.6 Å². The lowest BCUT2D eigenvalue weighted by Gasteiger charge is -2.38. The van der Waals surface area contributed by atoms with Crippen LogP contribution < -0.4 is 0 Å². The second kappa shape index (κ2) is 4.85. The lowest BCUT2D eigenvalue weighted by molar-refractivity contribution is -0.137. The van der Waals surface area contributed by atoms with Crippen molar-refractivity contribution in [2.75, 3.05) is 19.7 Å². The van der Waals surface area contributed by atoms with Gasteiger partial charge >= 0.3 is 0 Å². The first-order valence-electron chi connectivity index (χ1n) is 5.32. The maximum atomic E-state index is 11.8. The Morgan fingerprint density at radius 3 is 2.75 bits per heavy atom.